The van der Waals surface area contributed by atoms with Crippen molar-refractivity contribution in [3.05, 3.63) is 0 Å². The lowest BCUT2D eigenvalue weighted by Crippen LogP contribution is -2.32. The maximum atomic E-state index is 10.2. The molecule has 0 aliphatic heterocycles. The minimum absolute atomic E-state index is 0.0205. The van der Waals surface area contributed by atoms with Gasteiger partial charge in [-0.05, 0) is 0 Å². The molecule has 0 aromatic rings. The van der Waals surface area contributed by atoms with Crippen LogP contribution in [0.1, 0.15) is 6.42 Å². The normalized spacial score (nSPS) is 10.8. The van der Waals surface area contributed by atoms with E-state index in [4.69, 9.17) is 19.4 Å². The second kappa shape index (κ2) is 8.89. The number of hydrogen-bond acceptors (Lipinski definition) is 5. The van der Waals surface area contributed by atoms with Crippen LogP contribution in [-0.4, -0.2) is 51.2 Å². The Kier molecular flexibility index (Phi) is 8.45. The summed E-state index contributed by atoms with van der Waals surface area (Å²) >= 11 is 0. The van der Waals surface area contributed by atoms with E-state index >= 15 is 0 Å². The monoisotopic (exact) mass is 207 g/mol. The average molecular weight is 207 g/mol. The van der Waals surface area contributed by atoms with E-state index in [-0.39, 0.29) is 19.1 Å². The summed E-state index contributed by atoms with van der Waals surface area (Å²) in [5.41, 5.74) is 2.55. The SMILES string of the molecule is COCC(COC)ONCCC(=O)O. The summed E-state index contributed by atoms with van der Waals surface area (Å²) in [5, 5.41) is 8.34. The van der Waals surface area contributed by atoms with Crippen LogP contribution < -0.4 is 5.48 Å². The van der Waals surface area contributed by atoms with E-state index in [2.05, 4.69) is 5.48 Å². The zero-order valence-electron chi connectivity index (χ0n) is 8.49. The Labute approximate surface area is 83.1 Å². The number of carbonyl (C=O) groups is 1. The molecule has 0 aromatic carbocycles. The number of nitrogens with one attached hydrogen (secondary N) is 1. The highest BCUT2D eigenvalue weighted by Crippen LogP contribution is 1.91. The molecule has 0 heterocycles. The molecule has 0 saturated heterocycles. The molecule has 6 heteroatoms. The minimum atomic E-state index is -0.865. The van der Waals surface area contributed by atoms with Crippen LogP contribution >= 0.6 is 0 Å². The fourth-order valence-electron chi connectivity index (χ4n) is 0.823. The van der Waals surface area contributed by atoms with Crippen molar-refractivity contribution in [3.63, 3.8) is 0 Å². The number of rotatable bonds is 9. The van der Waals surface area contributed by atoms with Crippen molar-refractivity contribution in [1.82, 2.24) is 5.48 Å². The van der Waals surface area contributed by atoms with Crippen molar-refractivity contribution >= 4 is 5.97 Å². The first-order valence-corrected chi connectivity index (χ1v) is 4.29. The number of carboxylic acid groups (broad SMARTS) is 1. The Morgan fingerprint density at radius 2 is 1.93 bits per heavy atom. The summed E-state index contributed by atoms with van der Waals surface area (Å²) in [4.78, 5) is 15.3. The summed E-state index contributed by atoms with van der Waals surface area (Å²) in [6.45, 7) is 1.06. The molecule has 0 unspecified atom stereocenters. The summed E-state index contributed by atoms with van der Waals surface area (Å²) in [5.74, 6) is -0.865. The molecule has 0 saturated carbocycles. The van der Waals surface area contributed by atoms with Crippen LogP contribution in [0.5, 0.6) is 0 Å². The van der Waals surface area contributed by atoms with E-state index in [1.54, 1.807) is 14.2 Å². The van der Waals surface area contributed by atoms with E-state index in [1.807, 2.05) is 0 Å². The van der Waals surface area contributed by atoms with E-state index in [9.17, 15) is 4.79 Å². The predicted molar refractivity (Wildman–Crippen MR) is 48.9 cm³/mol. The lowest BCUT2D eigenvalue weighted by molar-refractivity contribution is -0.138. The highest BCUT2D eigenvalue weighted by atomic mass is 16.7. The molecule has 0 fully saturated rings. The Balaban J connectivity index is 3.44. The summed E-state index contributed by atoms with van der Waals surface area (Å²) in [7, 11) is 3.12. The highest BCUT2D eigenvalue weighted by molar-refractivity contribution is 5.66. The maximum absolute atomic E-state index is 10.2. The molecule has 0 bridgehead atoms. The lowest BCUT2D eigenvalue weighted by Gasteiger charge is -2.15. The van der Waals surface area contributed by atoms with Crippen molar-refractivity contribution in [2.75, 3.05) is 34.0 Å². The second-order valence-electron chi connectivity index (χ2n) is 2.69. The number of hydroxylamine groups is 1. The minimum Gasteiger partial charge on any atom is -0.481 e. The van der Waals surface area contributed by atoms with Gasteiger partial charge in [0.1, 0.15) is 6.10 Å². The molecule has 0 radical (unpaired) electrons. The van der Waals surface area contributed by atoms with Gasteiger partial charge in [-0.15, -0.1) is 0 Å². The molecule has 2 N–H and O–H groups in total. The molecule has 0 aliphatic carbocycles. The molecular formula is C8H17NO5. The van der Waals surface area contributed by atoms with Gasteiger partial charge in [-0.1, -0.05) is 0 Å². The number of carboxylic acids is 1. The fourth-order valence-corrected chi connectivity index (χ4v) is 0.823. The zero-order valence-corrected chi connectivity index (χ0v) is 8.49. The lowest BCUT2D eigenvalue weighted by atomic mass is 10.4. The van der Waals surface area contributed by atoms with Gasteiger partial charge in [0.2, 0.25) is 0 Å². The number of hydrogen-bond donors (Lipinski definition) is 2. The van der Waals surface area contributed by atoms with Crippen LogP contribution in [0.3, 0.4) is 0 Å². The molecule has 0 spiro atoms. The average Bonchev–Trinajstić information content (AvgIpc) is 2.12. The molecule has 0 aliphatic rings. The topological polar surface area (TPSA) is 77.0 Å². The first-order chi connectivity index (χ1) is 6.70. The van der Waals surface area contributed by atoms with Gasteiger partial charge in [0.15, 0.2) is 0 Å². The molecule has 0 atom stereocenters. The van der Waals surface area contributed by atoms with Crippen LogP contribution in [-0.2, 0) is 19.1 Å². The van der Waals surface area contributed by atoms with Gasteiger partial charge in [-0.3, -0.25) is 9.63 Å². The Morgan fingerprint density at radius 3 is 2.36 bits per heavy atom. The number of methoxy groups -OCH3 is 2. The Hall–Kier alpha value is -0.690. The second-order valence-corrected chi connectivity index (χ2v) is 2.69. The van der Waals surface area contributed by atoms with E-state index in [1.165, 1.54) is 0 Å². The summed E-state index contributed by atoms with van der Waals surface area (Å²) in [6.07, 6.45) is -0.203. The van der Waals surface area contributed by atoms with E-state index in [0.717, 1.165) is 0 Å². The molecule has 14 heavy (non-hydrogen) atoms. The number of ether oxygens (including phenoxy) is 2. The molecule has 0 rings (SSSR count). The Morgan fingerprint density at radius 1 is 1.36 bits per heavy atom. The van der Waals surface area contributed by atoms with E-state index < -0.39 is 5.97 Å². The van der Waals surface area contributed by atoms with Gasteiger partial charge >= 0.3 is 5.97 Å². The molecular weight excluding hydrogens is 190 g/mol. The molecule has 0 aromatic heterocycles. The van der Waals surface area contributed by atoms with Gasteiger partial charge in [0, 0.05) is 20.8 Å². The standard InChI is InChI=1S/C8H17NO5/c1-12-5-7(6-13-2)14-9-4-3-8(10)11/h7,9H,3-6H2,1-2H3,(H,10,11). The first kappa shape index (κ1) is 13.3. The van der Waals surface area contributed by atoms with Crippen molar-refractivity contribution in [3.8, 4) is 0 Å². The van der Waals surface area contributed by atoms with Gasteiger partial charge in [-0.25, -0.2) is 5.48 Å². The third-order valence-corrected chi connectivity index (χ3v) is 1.40. The smallest absolute Gasteiger partial charge is 0.304 e. The summed E-state index contributed by atoms with van der Waals surface area (Å²) < 4.78 is 9.75. The fraction of sp³-hybridized carbons (Fsp3) is 0.875. The molecule has 84 valence electrons. The Bertz CT molecular complexity index is 147. The third kappa shape index (κ3) is 7.93. The highest BCUT2D eigenvalue weighted by Gasteiger charge is 2.08. The largest absolute Gasteiger partial charge is 0.481 e. The van der Waals surface area contributed by atoms with Crippen LogP contribution in [0, 0.1) is 0 Å². The van der Waals surface area contributed by atoms with Gasteiger partial charge in [0.05, 0.1) is 19.6 Å². The van der Waals surface area contributed by atoms with E-state index in [0.29, 0.717) is 13.2 Å². The van der Waals surface area contributed by atoms with Crippen molar-refractivity contribution in [2.24, 2.45) is 0 Å². The maximum Gasteiger partial charge on any atom is 0.304 e. The predicted octanol–water partition coefficient (Wildman–Crippen LogP) is -0.356. The van der Waals surface area contributed by atoms with Gasteiger partial charge in [-0.2, -0.15) is 0 Å². The van der Waals surface area contributed by atoms with Crippen LogP contribution in [0.15, 0.2) is 0 Å². The van der Waals surface area contributed by atoms with Crippen LogP contribution in [0.25, 0.3) is 0 Å². The zero-order chi connectivity index (χ0) is 10.8. The van der Waals surface area contributed by atoms with Gasteiger partial charge < -0.3 is 14.6 Å². The third-order valence-electron chi connectivity index (χ3n) is 1.40. The van der Waals surface area contributed by atoms with Crippen LogP contribution in [0.4, 0.5) is 0 Å². The quantitative estimate of drug-likeness (QED) is 0.397. The van der Waals surface area contributed by atoms with Crippen molar-refractivity contribution < 1.29 is 24.2 Å². The first-order valence-electron chi connectivity index (χ1n) is 4.29. The number of aliphatic carboxylic acids is 1. The van der Waals surface area contributed by atoms with Crippen molar-refractivity contribution in [1.29, 1.82) is 0 Å². The van der Waals surface area contributed by atoms with Gasteiger partial charge in [0.25, 0.3) is 0 Å². The van der Waals surface area contributed by atoms with Crippen molar-refractivity contribution in [2.45, 2.75) is 12.5 Å². The molecule has 0 amide bonds. The molecule has 6 nitrogen and oxygen atoms in total. The van der Waals surface area contributed by atoms with Crippen LogP contribution in [0.2, 0.25) is 0 Å². The summed E-state index contributed by atoms with van der Waals surface area (Å²) in [6, 6.07) is 0.